The maximum atomic E-state index is 12.2. The van der Waals surface area contributed by atoms with E-state index in [0.717, 1.165) is 18.5 Å². The van der Waals surface area contributed by atoms with Gasteiger partial charge in [-0.2, -0.15) is 0 Å². The summed E-state index contributed by atoms with van der Waals surface area (Å²) in [6.45, 7) is 0.666. The highest BCUT2D eigenvalue weighted by Crippen LogP contribution is 2.50. The van der Waals surface area contributed by atoms with E-state index >= 15 is 0 Å². The molecule has 24 heavy (non-hydrogen) atoms. The Morgan fingerprint density at radius 2 is 1.79 bits per heavy atom. The first-order chi connectivity index (χ1) is 11.7. The minimum atomic E-state index is -0.146. The zero-order chi connectivity index (χ0) is 16.6. The number of fused-ring (bicyclic) bond motifs is 1. The number of aromatic nitrogens is 1. The second-order valence-corrected chi connectivity index (χ2v) is 6.62. The number of anilines is 1. The van der Waals surface area contributed by atoms with E-state index in [0.29, 0.717) is 6.54 Å². The number of carbonyl (C=O) groups is 1. The molecule has 1 aliphatic rings. The topological polar surface area (TPSA) is 46.1 Å². The zero-order valence-electron chi connectivity index (χ0n) is 13.8. The van der Waals surface area contributed by atoms with Crippen LogP contribution in [0.25, 0.3) is 10.9 Å². The molecule has 0 atom stereocenters. The highest BCUT2D eigenvalue weighted by Gasteiger charge is 2.46. The largest absolute Gasteiger partial charge is 0.350 e. The van der Waals surface area contributed by atoms with Crippen LogP contribution in [0.3, 0.4) is 0 Å². The number of hydrogen-bond donors (Lipinski definition) is 2. The molecule has 2 aromatic carbocycles. The van der Waals surface area contributed by atoms with Crippen LogP contribution in [0.5, 0.6) is 0 Å². The van der Waals surface area contributed by atoms with Crippen molar-refractivity contribution in [2.75, 3.05) is 11.9 Å². The molecule has 3 aromatic rings. The van der Waals surface area contributed by atoms with Gasteiger partial charge in [0.15, 0.2) is 0 Å². The van der Waals surface area contributed by atoms with E-state index in [-0.39, 0.29) is 11.4 Å². The summed E-state index contributed by atoms with van der Waals surface area (Å²) in [5, 5.41) is 7.22. The van der Waals surface area contributed by atoms with Gasteiger partial charge in [0.05, 0.1) is 0 Å². The molecule has 2 N–H and O–H groups in total. The van der Waals surface area contributed by atoms with Gasteiger partial charge in [-0.3, -0.25) is 0 Å². The fourth-order valence-corrected chi connectivity index (χ4v) is 3.40. The Morgan fingerprint density at radius 3 is 2.54 bits per heavy atom. The molecule has 0 radical (unpaired) electrons. The predicted molar refractivity (Wildman–Crippen MR) is 97.3 cm³/mol. The average molecular weight is 319 g/mol. The van der Waals surface area contributed by atoms with Crippen LogP contribution in [0, 0.1) is 0 Å². The van der Waals surface area contributed by atoms with Crippen molar-refractivity contribution in [3.8, 4) is 0 Å². The van der Waals surface area contributed by atoms with Crippen molar-refractivity contribution >= 4 is 22.6 Å². The smallest absolute Gasteiger partial charge is 0.319 e. The van der Waals surface area contributed by atoms with E-state index in [1.165, 1.54) is 16.5 Å². The molecule has 1 saturated carbocycles. The molecule has 1 heterocycles. The molecule has 0 unspecified atom stereocenters. The van der Waals surface area contributed by atoms with Crippen LogP contribution in [0.4, 0.5) is 10.5 Å². The number of aryl methyl sites for hydroxylation is 1. The summed E-state index contributed by atoms with van der Waals surface area (Å²) in [6.07, 6.45) is 4.45. The lowest BCUT2D eigenvalue weighted by atomic mass is 9.95. The first-order valence-electron chi connectivity index (χ1n) is 8.32. The molecule has 1 aliphatic carbocycles. The molecule has 4 nitrogen and oxygen atoms in total. The van der Waals surface area contributed by atoms with Gasteiger partial charge in [0.1, 0.15) is 0 Å². The molecule has 0 bridgehead atoms. The molecule has 0 saturated heterocycles. The third kappa shape index (κ3) is 2.64. The third-order valence-corrected chi connectivity index (χ3v) is 4.94. The van der Waals surface area contributed by atoms with Crippen LogP contribution in [0.1, 0.15) is 18.4 Å². The van der Waals surface area contributed by atoms with Crippen molar-refractivity contribution in [2.45, 2.75) is 18.3 Å². The van der Waals surface area contributed by atoms with Gasteiger partial charge in [0, 0.05) is 41.8 Å². The van der Waals surface area contributed by atoms with E-state index < -0.39 is 0 Å². The molecule has 122 valence electrons. The minimum absolute atomic E-state index is 0.0783. The molecular weight excluding hydrogens is 298 g/mol. The maximum absolute atomic E-state index is 12.2. The van der Waals surface area contributed by atoms with Crippen molar-refractivity contribution in [3.05, 3.63) is 66.4 Å². The number of rotatable bonds is 4. The number of hydrogen-bond acceptors (Lipinski definition) is 1. The van der Waals surface area contributed by atoms with Gasteiger partial charge in [-0.15, -0.1) is 0 Å². The van der Waals surface area contributed by atoms with Crippen LogP contribution in [-0.4, -0.2) is 17.1 Å². The Hall–Kier alpha value is -2.75. The van der Waals surface area contributed by atoms with E-state index in [1.807, 2.05) is 30.3 Å². The number of para-hydroxylation sites is 2. The van der Waals surface area contributed by atoms with Gasteiger partial charge in [0.2, 0.25) is 0 Å². The lowest BCUT2D eigenvalue weighted by Crippen LogP contribution is -2.35. The lowest BCUT2D eigenvalue weighted by Gasteiger charge is -2.16. The SMILES string of the molecule is Cn1cc(C2(CNC(=O)Nc3ccccc3)CC2)c2ccccc21. The van der Waals surface area contributed by atoms with Gasteiger partial charge in [-0.25, -0.2) is 4.79 Å². The first kappa shape index (κ1) is 14.8. The van der Waals surface area contributed by atoms with Crippen molar-refractivity contribution in [1.82, 2.24) is 9.88 Å². The van der Waals surface area contributed by atoms with Gasteiger partial charge >= 0.3 is 6.03 Å². The fourth-order valence-electron chi connectivity index (χ4n) is 3.40. The van der Waals surface area contributed by atoms with Gasteiger partial charge in [-0.05, 0) is 36.6 Å². The summed E-state index contributed by atoms with van der Waals surface area (Å²) < 4.78 is 2.18. The van der Waals surface area contributed by atoms with Crippen LogP contribution >= 0.6 is 0 Å². The number of benzene rings is 2. The Balaban J connectivity index is 1.49. The standard InChI is InChI=1S/C20H21N3O/c1-23-13-17(16-9-5-6-10-18(16)23)20(11-12-20)14-21-19(24)22-15-7-3-2-4-8-15/h2-10,13H,11-12,14H2,1H3,(H2,21,22,24). The molecule has 0 spiro atoms. The monoisotopic (exact) mass is 319 g/mol. The number of carbonyl (C=O) groups excluding carboxylic acids is 1. The highest BCUT2D eigenvalue weighted by atomic mass is 16.2. The summed E-state index contributed by atoms with van der Waals surface area (Å²) >= 11 is 0. The van der Waals surface area contributed by atoms with E-state index in [9.17, 15) is 4.79 Å². The van der Waals surface area contributed by atoms with Gasteiger partial charge in [0.25, 0.3) is 0 Å². The molecule has 1 aromatic heterocycles. The number of nitrogens with zero attached hydrogens (tertiary/aromatic N) is 1. The van der Waals surface area contributed by atoms with E-state index in [1.54, 1.807) is 0 Å². The molecular formula is C20H21N3O. The molecule has 4 rings (SSSR count). The van der Waals surface area contributed by atoms with E-state index in [2.05, 4.69) is 52.7 Å². The quantitative estimate of drug-likeness (QED) is 0.749. The highest BCUT2D eigenvalue weighted by molar-refractivity contribution is 5.89. The normalized spacial score (nSPS) is 15.2. The minimum Gasteiger partial charge on any atom is -0.350 e. The predicted octanol–water partition coefficient (Wildman–Crippen LogP) is 4.03. The number of urea groups is 1. The van der Waals surface area contributed by atoms with Gasteiger partial charge in [-0.1, -0.05) is 36.4 Å². The van der Waals surface area contributed by atoms with Crippen molar-refractivity contribution in [3.63, 3.8) is 0 Å². The molecule has 2 amide bonds. The Labute approximate surface area is 141 Å². The molecule has 1 fully saturated rings. The summed E-state index contributed by atoms with van der Waals surface area (Å²) in [4.78, 5) is 12.2. The third-order valence-electron chi connectivity index (χ3n) is 4.94. The lowest BCUT2D eigenvalue weighted by molar-refractivity contribution is 0.251. The molecule has 4 heteroatoms. The fraction of sp³-hybridized carbons (Fsp3) is 0.250. The Morgan fingerprint density at radius 1 is 1.08 bits per heavy atom. The summed E-state index contributed by atoms with van der Waals surface area (Å²) in [6, 6.07) is 17.8. The van der Waals surface area contributed by atoms with Gasteiger partial charge < -0.3 is 15.2 Å². The summed E-state index contributed by atoms with van der Waals surface area (Å²) in [5.41, 5.74) is 3.48. The van der Waals surface area contributed by atoms with Crippen LogP contribution < -0.4 is 10.6 Å². The number of nitrogens with one attached hydrogen (secondary N) is 2. The molecule has 0 aliphatic heterocycles. The van der Waals surface area contributed by atoms with Crippen molar-refractivity contribution in [2.24, 2.45) is 7.05 Å². The average Bonchev–Trinajstić information content (AvgIpc) is 3.32. The summed E-state index contributed by atoms with van der Waals surface area (Å²) in [7, 11) is 2.08. The van der Waals surface area contributed by atoms with Crippen LogP contribution in [-0.2, 0) is 12.5 Å². The first-order valence-corrected chi connectivity index (χ1v) is 8.32. The van der Waals surface area contributed by atoms with Crippen LogP contribution in [0.15, 0.2) is 60.8 Å². The number of amides is 2. The second-order valence-electron chi connectivity index (χ2n) is 6.62. The zero-order valence-corrected chi connectivity index (χ0v) is 13.8. The van der Waals surface area contributed by atoms with E-state index in [4.69, 9.17) is 0 Å². The Bertz CT molecular complexity index is 878. The summed E-state index contributed by atoms with van der Waals surface area (Å²) in [5.74, 6) is 0. The van der Waals surface area contributed by atoms with Crippen molar-refractivity contribution < 1.29 is 4.79 Å². The van der Waals surface area contributed by atoms with Crippen molar-refractivity contribution in [1.29, 1.82) is 0 Å². The Kier molecular flexibility index (Phi) is 3.53. The van der Waals surface area contributed by atoms with Crippen LogP contribution in [0.2, 0.25) is 0 Å². The maximum Gasteiger partial charge on any atom is 0.319 e. The second kappa shape index (κ2) is 5.71.